The van der Waals surface area contributed by atoms with Gasteiger partial charge in [0.2, 0.25) is 0 Å². The largest absolute Gasteiger partial charge is 0.492 e. The maximum atomic E-state index is 11.9. The van der Waals surface area contributed by atoms with Crippen molar-refractivity contribution in [2.45, 2.75) is 39.2 Å². The third kappa shape index (κ3) is 6.23. The molecule has 0 unspecified atom stereocenters. The summed E-state index contributed by atoms with van der Waals surface area (Å²) in [5.41, 5.74) is 0.105. The molecule has 0 aliphatic carbocycles. The van der Waals surface area contributed by atoms with Crippen molar-refractivity contribution in [2.24, 2.45) is 0 Å². The highest BCUT2D eigenvalue weighted by Gasteiger charge is 2.19. The van der Waals surface area contributed by atoms with Gasteiger partial charge in [-0.05, 0) is 44.9 Å². The van der Waals surface area contributed by atoms with Gasteiger partial charge in [-0.15, -0.1) is 0 Å². The van der Waals surface area contributed by atoms with Crippen LogP contribution in [0.1, 0.15) is 33.6 Å². The Morgan fingerprint density at radius 3 is 2.71 bits per heavy atom. The number of rotatable bonds is 7. The summed E-state index contributed by atoms with van der Waals surface area (Å²) in [6.07, 6.45) is 1.38. The van der Waals surface area contributed by atoms with Crippen LogP contribution in [0, 0.1) is 0 Å². The molecule has 0 atom stereocenters. The molecule has 1 aromatic rings. The highest BCUT2D eigenvalue weighted by molar-refractivity contribution is 6.32. The Morgan fingerprint density at radius 1 is 1.43 bits per heavy atom. The van der Waals surface area contributed by atoms with E-state index in [0.717, 1.165) is 6.42 Å². The molecule has 21 heavy (non-hydrogen) atoms. The van der Waals surface area contributed by atoms with E-state index in [4.69, 9.17) is 21.4 Å². The van der Waals surface area contributed by atoms with Crippen molar-refractivity contribution in [1.29, 1.82) is 0 Å². The Kier molecular flexibility index (Phi) is 6.78. The van der Waals surface area contributed by atoms with Gasteiger partial charge in [0.15, 0.2) is 0 Å². The number of benzene rings is 1. The summed E-state index contributed by atoms with van der Waals surface area (Å²) in [5.74, 6) is 0.602. The van der Waals surface area contributed by atoms with E-state index in [0.29, 0.717) is 29.5 Å². The zero-order chi connectivity index (χ0) is 15.9. The van der Waals surface area contributed by atoms with Gasteiger partial charge in [0.25, 0.3) is 0 Å². The number of ether oxygens (including phenoxy) is 1. The Hall–Kier alpha value is -1.46. The first-order valence-electron chi connectivity index (χ1n) is 7.00. The first-order valence-corrected chi connectivity index (χ1v) is 7.38. The van der Waals surface area contributed by atoms with Crippen LogP contribution in [0.2, 0.25) is 5.02 Å². The third-order valence-electron chi connectivity index (χ3n) is 2.84. The van der Waals surface area contributed by atoms with Crippen molar-refractivity contribution in [3.63, 3.8) is 0 Å². The van der Waals surface area contributed by atoms with Crippen LogP contribution >= 0.6 is 11.6 Å². The molecule has 0 heterocycles. The van der Waals surface area contributed by atoms with Crippen LogP contribution in [0.25, 0.3) is 0 Å². The third-order valence-corrected chi connectivity index (χ3v) is 3.14. The van der Waals surface area contributed by atoms with Gasteiger partial charge in [-0.1, -0.05) is 18.5 Å². The lowest BCUT2D eigenvalue weighted by atomic mass is 10.0. The van der Waals surface area contributed by atoms with Crippen LogP contribution in [-0.4, -0.2) is 29.9 Å². The van der Waals surface area contributed by atoms with Crippen molar-refractivity contribution in [2.75, 3.05) is 18.5 Å². The van der Waals surface area contributed by atoms with E-state index in [2.05, 4.69) is 10.6 Å². The molecule has 0 aromatic heterocycles. The number of anilines is 1. The Labute approximate surface area is 130 Å². The predicted molar refractivity (Wildman–Crippen MR) is 85.2 cm³/mol. The minimum absolute atomic E-state index is 0.0164. The fourth-order valence-corrected chi connectivity index (χ4v) is 1.95. The monoisotopic (exact) mass is 314 g/mol. The lowest BCUT2D eigenvalue weighted by molar-refractivity contribution is 0.218. The van der Waals surface area contributed by atoms with Crippen molar-refractivity contribution in [1.82, 2.24) is 5.32 Å². The smallest absolute Gasteiger partial charge is 0.319 e. The van der Waals surface area contributed by atoms with E-state index in [1.54, 1.807) is 18.2 Å². The summed E-state index contributed by atoms with van der Waals surface area (Å²) in [7, 11) is 0. The average molecular weight is 315 g/mol. The Balaban J connectivity index is 2.62. The minimum Gasteiger partial charge on any atom is -0.492 e. The summed E-state index contributed by atoms with van der Waals surface area (Å²) in [5, 5.41) is 14.9. The average Bonchev–Trinajstić information content (AvgIpc) is 2.36. The van der Waals surface area contributed by atoms with Crippen molar-refractivity contribution in [3.8, 4) is 5.75 Å². The lowest BCUT2D eigenvalue weighted by Crippen LogP contribution is -2.46. The molecule has 0 aliphatic heterocycles. The quantitative estimate of drug-likeness (QED) is 0.722. The SMILES string of the molecule is CCCOc1ccc(NC(=O)NC(C)(C)CCO)cc1Cl. The summed E-state index contributed by atoms with van der Waals surface area (Å²) >= 11 is 6.10. The maximum Gasteiger partial charge on any atom is 0.319 e. The van der Waals surface area contributed by atoms with E-state index >= 15 is 0 Å². The van der Waals surface area contributed by atoms with Gasteiger partial charge in [0.1, 0.15) is 5.75 Å². The van der Waals surface area contributed by atoms with E-state index in [1.807, 2.05) is 20.8 Å². The van der Waals surface area contributed by atoms with Gasteiger partial charge < -0.3 is 20.5 Å². The number of urea groups is 1. The van der Waals surface area contributed by atoms with Crippen molar-refractivity contribution < 1.29 is 14.6 Å². The van der Waals surface area contributed by atoms with Crippen LogP contribution in [0.15, 0.2) is 18.2 Å². The molecule has 0 spiro atoms. The summed E-state index contributed by atoms with van der Waals surface area (Å²) in [6.45, 7) is 6.32. The number of carbonyl (C=O) groups excluding carboxylic acids is 1. The topological polar surface area (TPSA) is 70.6 Å². The van der Waals surface area contributed by atoms with Crippen molar-refractivity contribution >= 4 is 23.3 Å². The molecule has 2 amide bonds. The molecule has 0 saturated heterocycles. The van der Waals surface area contributed by atoms with Crippen LogP contribution in [0.5, 0.6) is 5.75 Å². The molecule has 5 nitrogen and oxygen atoms in total. The van der Waals surface area contributed by atoms with E-state index in [1.165, 1.54) is 0 Å². The molecular formula is C15H23ClN2O3. The second-order valence-electron chi connectivity index (χ2n) is 5.43. The number of amides is 2. The molecule has 118 valence electrons. The molecule has 0 aliphatic rings. The maximum absolute atomic E-state index is 11.9. The first kappa shape index (κ1) is 17.6. The molecular weight excluding hydrogens is 292 g/mol. The number of hydrogen-bond acceptors (Lipinski definition) is 3. The minimum atomic E-state index is -0.479. The number of hydrogen-bond donors (Lipinski definition) is 3. The molecule has 0 radical (unpaired) electrons. The van der Waals surface area contributed by atoms with Crippen LogP contribution in [0.3, 0.4) is 0 Å². The van der Waals surface area contributed by atoms with Gasteiger partial charge in [0.05, 0.1) is 11.6 Å². The van der Waals surface area contributed by atoms with Crippen LogP contribution in [0.4, 0.5) is 10.5 Å². The Bertz CT molecular complexity index is 478. The van der Waals surface area contributed by atoms with E-state index in [-0.39, 0.29) is 12.6 Å². The van der Waals surface area contributed by atoms with Gasteiger partial charge in [-0.25, -0.2) is 4.79 Å². The van der Waals surface area contributed by atoms with Gasteiger partial charge in [0, 0.05) is 17.8 Å². The standard InChI is InChI=1S/C15H23ClN2O3/c1-4-9-21-13-6-5-11(10-12(13)16)17-14(20)18-15(2,3)7-8-19/h5-6,10,19H,4,7-9H2,1-3H3,(H2,17,18,20). The first-order chi connectivity index (χ1) is 9.88. The summed E-state index contributed by atoms with van der Waals surface area (Å²) in [6, 6.07) is 4.76. The second kappa shape index (κ2) is 8.10. The van der Waals surface area contributed by atoms with Gasteiger partial charge in [-0.3, -0.25) is 0 Å². The predicted octanol–water partition coefficient (Wildman–Crippen LogP) is 3.41. The number of halogens is 1. The molecule has 0 bridgehead atoms. The molecule has 6 heteroatoms. The van der Waals surface area contributed by atoms with E-state index in [9.17, 15) is 4.79 Å². The fraction of sp³-hybridized carbons (Fsp3) is 0.533. The molecule has 3 N–H and O–H groups in total. The fourth-order valence-electron chi connectivity index (χ4n) is 1.72. The number of carbonyl (C=O) groups is 1. The van der Waals surface area contributed by atoms with Crippen molar-refractivity contribution in [3.05, 3.63) is 23.2 Å². The normalized spacial score (nSPS) is 11.1. The number of aliphatic hydroxyl groups excluding tert-OH is 1. The molecule has 0 saturated carbocycles. The highest BCUT2D eigenvalue weighted by atomic mass is 35.5. The highest BCUT2D eigenvalue weighted by Crippen LogP contribution is 2.27. The zero-order valence-corrected chi connectivity index (χ0v) is 13.5. The van der Waals surface area contributed by atoms with Gasteiger partial charge in [-0.2, -0.15) is 0 Å². The Morgan fingerprint density at radius 2 is 2.14 bits per heavy atom. The lowest BCUT2D eigenvalue weighted by Gasteiger charge is -2.25. The molecule has 1 rings (SSSR count). The number of nitrogens with one attached hydrogen (secondary N) is 2. The van der Waals surface area contributed by atoms with Gasteiger partial charge >= 0.3 is 6.03 Å². The van der Waals surface area contributed by atoms with E-state index < -0.39 is 5.54 Å². The van der Waals surface area contributed by atoms with Crippen LogP contribution in [-0.2, 0) is 0 Å². The second-order valence-corrected chi connectivity index (χ2v) is 5.84. The molecule has 1 aromatic carbocycles. The van der Waals surface area contributed by atoms with Crippen LogP contribution < -0.4 is 15.4 Å². The summed E-state index contributed by atoms with van der Waals surface area (Å²) < 4.78 is 5.47. The summed E-state index contributed by atoms with van der Waals surface area (Å²) in [4.78, 5) is 11.9. The number of aliphatic hydroxyl groups is 1. The molecule has 0 fully saturated rings. The zero-order valence-electron chi connectivity index (χ0n) is 12.7.